The smallest absolute Gasteiger partial charge is 0.260 e. The summed E-state index contributed by atoms with van der Waals surface area (Å²) in [5, 5.41) is 0. The van der Waals surface area contributed by atoms with Gasteiger partial charge in [0.1, 0.15) is 23.0 Å². The van der Waals surface area contributed by atoms with Gasteiger partial charge in [-0.05, 0) is 84.4 Å². The van der Waals surface area contributed by atoms with Gasteiger partial charge in [-0.1, -0.05) is 66.7 Å². The number of benzene rings is 6. The number of rotatable bonds is 2. The van der Waals surface area contributed by atoms with Crippen LogP contribution in [0, 0.1) is 13.8 Å². The predicted molar refractivity (Wildman–Crippen MR) is 177 cm³/mol. The summed E-state index contributed by atoms with van der Waals surface area (Å²) in [6, 6.07) is 45.2. The summed E-state index contributed by atoms with van der Waals surface area (Å²) >= 11 is 0. The van der Waals surface area contributed by atoms with Crippen LogP contribution in [-0.4, -0.2) is 6.71 Å². The molecule has 0 N–H and O–H groups in total. The minimum absolute atomic E-state index is 0.0438. The lowest BCUT2D eigenvalue weighted by Gasteiger charge is -2.41. The largest absolute Gasteiger partial charge is 0.458 e. The number of fused-ring (bicyclic) bond motifs is 6. The fourth-order valence-corrected chi connectivity index (χ4v) is 6.90. The van der Waals surface area contributed by atoms with Crippen LogP contribution in [-0.2, 0) is 0 Å². The van der Waals surface area contributed by atoms with Crippen LogP contribution in [0.4, 0.5) is 34.1 Å². The van der Waals surface area contributed by atoms with Gasteiger partial charge in [0.2, 0.25) is 0 Å². The molecule has 0 radical (unpaired) electrons. The molecule has 43 heavy (non-hydrogen) atoms. The van der Waals surface area contributed by atoms with Crippen molar-refractivity contribution >= 4 is 57.2 Å². The number of ether oxygens (including phenoxy) is 2. The van der Waals surface area contributed by atoms with Crippen molar-refractivity contribution in [3.8, 4) is 23.0 Å². The van der Waals surface area contributed by atoms with E-state index in [2.05, 4.69) is 151 Å². The Morgan fingerprint density at radius 2 is 0.884 bits per heavy atom. The molecule has 0 spiro atoms. The fourth-order valence-electron chi connectivity index (χ4n) is 6.90. The topological polar surface area (TPSA) is 24.9 Å². The van der Waals surface area contributed by atoms with E-state index < -0.39 is 0 Å². The molecule has 6 aromatic carbocycles. The Bertz CT molecular complexity index is 1970. The molecular formula is C38H27BN2O2. The lowest BCUT2D eigenvalue weighted by molar-refractivity contribution is 0.464. The highest BCUT2D eigenvalue weighted by Crippen LogP contribution is 2.54. The zero-order valence-corrected chi connectivity index (χ0v) is 23.9. The van der Waals surface area contributed by atoms with Crippen molar-refractivity contribution < 1.29 is 9.47 Å². The number of para-hydroxylation sites is 5. The molecule has 5 heteroatoms. The van der Waals surface area contributed by atoms with Crippen molar-refractivity contribution in [1.82, 2.24) is 0 Å². The third-order valence-electron chi connectivity index (χ3n) is 8.78. The van der Waals surface area contributed by atoms with Crippen molar-refractivity contribution in [3.63, 3.8) is 0 Å². The molecule has 0 aliphatic carbocycles. The van der Waals surface area contributed by atoms with E-state index in [4.69, 9.17) is 9.47 Å². The van der Waals surface area contributed by atoms with E-state index in [9.17, 15) is 0 Å². The molecule has 0 fully saturated rings. The highest BCUT2D eigenvalue weighted by molar-refractivity contribution is 6.98. The van der Waals surface area contributed by atoms with Gasteiger partial charge in [-0.2, -0.15) is 0 Å². The van der Waals surface area contributed by atoms with E-state index in [1.807, 2.05) is 0 Å². The molecular weight excluding hydrogens is 527 g/mol. The summed E-state index contributed by atoms with van der Waals surface area (Å²) in [7, 11) is 0. The molecule has 0 aromatic heterocycles. The van der Waals surface area contributed by atoms with E-state index >= 15 is 0 Å². The van der Waals surface area contributed by atoms with Gasteiger partial charge in [0.25, 0.3) is 6.71 Å². The third-order valence-corrected chi connectivity index (χ3v) is 8.78. The number of anilines is 6. The maximum absolute atomic E-state index is 6.72. The van der Waals surface area contributed by atoms with Gasteiger partial charge in [-0.3, -0.25) is 0 Å². The minimum atomic E-state index is 0.0438. The van der Waals surface area contributed by atoms with Gasteiger partial charge >= 0.3 is 0 Å². The Morgan fingerprint density at radius 3 is 1.37 bits per heavy atom. The SMILES string of the molecule is Cc1ccc2c(c1)Oc1cc(N3c4ccccc4N(c4ccccc4)c4ccccc43)cc3c1B2c1ccc(C)cc1O3. The van der Waals surface area contributed by atoms with Crippen LogP contribution in [0.5, 0.6) is 23.0 Å². The molecule has 0 amide bonds. The first-order valence-electron chi connectivity index (χ1n) is 14.7. The van der Waals surface area contributed by atoms with Gasteiger partial charge in [0.15, 0.2) is 0 Å². The van der Waals surface area contributed by atoms with Crippen molar-refractivity contribution in [2.75, 3.05) is 9.80 Å². The van der Waals surface area contributed by atoms with Crippen LogP contribution in [0.1, 0.15) is 11.1 Å². The molecule has 0 bridgehead atoms. The molecule has 204 valence electrons. The van der Waals surface area contributed by atoms with Crippen molar-refractivity contribution in [2.45, 2.75) is 13.8 Å². The van der Waals surface area contributed by atoms with Crippen molar-refractivity contribution in [2.24, 2.45) is 0 Å². The Labute approximate surface area is 251 Å². The number of aryl methyl sites for hydroxylation is 2. The van der Waals surface area contributed by atoms with Crippen molar-refractivity contribution in [3.05, 3.63) is 139 Å². The maximum atomic E-state index is 6.72. The molecule has 3 aliphatic heterocycles. The molecule has 0 saturated carbocycles. The zero-order valence-electron chi connectivity index (χ0n) is 23.9. The highest BCUT2D eigenvalue weighted by Gasteiger charge is 2.41. The molecule has 0 unspecified atom stereocenters. The summed E-state index contributed by atoms with van der Waals surface area (Å²) in [4.78, 5) is 4.67. The number of hydrogen-bond acceptors (Lipinski definition) is 4. The highest BCUT2D eigenvalue weighted by atomic mass is 16.5. The fraction of sp³-hybridized carbons (Fsp3) is 0.0526. The summed E-state index contributed by atoms with van der Waals surface area (Å²) < 4.78 is 13.4. The first kappa shape index (κ1) is 24.2. The lowest BCUT2D eigenvalue weighted by Crippen LogP contribution is -2.57. The van der Waals surface area contributed by atoms with Crippen LogP contribution in [0.15, 0.2) is 127 Å². The number of hydrogen-bond donors (Lipinski definition) is 0. The monoisotopic (exact) mass is 554 g/mol. The summed E-state index contributed by atoms with van der Waals surface area (Å²) in [5.74, 6) is 3.48. The lowest BCUT2D eigenvalue weighted by atomic mass is 9.35. The molecule has 3 heterocycles. The van der Waals surface area contributed by atoms with E-state index in [0.717, 1.165) is 62.6 Å². The number of nitrogens with zero attached hydrogens (tertiary/aromatic N) is 2. The van der Waals surface area contributed by atoms with Crippen molar-refractivity contribution in [1.29, 1.82) is 0 Å². The summed E-state index contributed by atoms with van der Waals surface area (Å²) in [5.41, 5.74) is 12.3. The van der Waals surface area contributed by atoms with Gasteiger partial charge in [0, 0.05) is 23.3 Å². The van der Waals surface area contributed by atoms with E-state index in [-0.39, 0.29) is 6.71 Å². The van der Waals surface area contributed by atoms with Crippen LogP contribution in [0.25, 0.3) is 0 Å². The Hall–Kier alpha value is -5.42. The van der Waals surface area contributed by atoms with Gasteiger partial charge in [-0.15, -0.1) is 0 Å². The van der Waals surface area contributed by atoms with E-state index in [1.165, 1.54) is 22.1 Å². The molecule has 0 atom stereocenters. The van der Waals surface area contributed by atoms with Gasteiger partial charge < -0.3 is 19.3 Å². The average molecular weight is 554 g/mol. The van der Waals surface area contributed by atoms with Gasteiger partial charge in [0.05, 0.1) is 28.4 Å². The Kier molecular flexibility index (Phi) is 5.09. The maximum Gasteiger partial charge on any atom is 0.260 e. The molecule has 3 aliphatic rings. The first-order chi connectivity index (χ1) is 21.1. The van der Waals surface area contributed by atoms with Crippen LogP contribution < -0.4 is 35.7 Å². The summed E-state index contributed by atoms with van der Waals surface area (Å²) in [6.45, 7) is 4.27. The average Bonchev–Trinajstić information content (AvgIpc) is 3.03. The zero-order chi connectivity index (χ0) is 28.7. The molecule has 0 saturated heterocycles. The third kappa shape index (κ3) is 3.58. The second-order valence-electron chi connectivity index (χ2n) is 11.6. The second kappa shape index (κ2) is 9.04. The second-order valence-corrected chi connectivity index (χ2v) is 11.6. The first-order valence-corrected chi connectivity index (χ1v) is 14.7. The molecule has 4 nitrogen and oxygen atoms in total. The molecule has 9 rings (SSSR count). The Balaban J connectivity index is 1.28. The van der Waals surface area contributed by atoms with Crippen LogP contribution in [0.3, 0.4) is 0 Å². The Morgan fingerprint density at radius 1 is 0.442 bits per heavy atom. The standard InChI is InChI=1S/C38H27BN2O2/c1-24-16-18-28-34(20-24)42-36-22-27(23-37-38(36)39(28)29-19-17-25(2)21-35(29)43-37)41-32-14-8-6-12-30(32)40(26-10-4-3-5-11-26)31-13-7-9-15-33(31)41/h3-23H,1-2H3. The molecule has 6 aromatic rings. The van der Waals surface area contributed by atoms with E-state index in [1.54, 1.807) is 0 Å². The van der Waals surface area contributed by atoms with Crippen LogP contribution >= 0.6 is 0 Å². The van der Waals surface area contributed by atoms with Gasteiger partial charge in [-0.25, -0.2) is 0 Å². The minimum Gasteiger partial charge on any atom is -0.458 e. The van der Waals surface area contributed by atoms with E-state index in [0.29, 0.717) is 0 Å². The normalized spacial score (nSPS) is 13.6. The summed E-state index contributed by atoms with van der Waals surface area (Å²) in [6.07, 6.45) is 0. The quantitative estimate of drug-likeness (QED) is 0.201. The van der Waals surface area contributed by atoms with Crippen LogP contribution in [0.2, 0.25) is 0 Å². The predicted octanol–water partition coefficient (Wildman–Crippen LogP) is 8.28.